The molecule has 0 saturated heterocycles. The van der Waals surface area contributed by atoms with Crippen LogP contribution < -0.4 is 11.1 Å². The zero-order chi connectivity index (χ0) is 12.8. The van der Waals surface area contributed by atoms with Gasteiger partial charge in [-0.15, -0.1) is 0 Å². The van der Waals surface area contributed by atoms with Crippen LogP contribution in [0.15, 0.2) is 0 Å². The van der Waals surface area contributed by atoms with Crippen LogP contribution in [0.25, 0.3) is 0 Å². The molecule has 0 radical (unpaired) electrons. The van der Waals surface area contributed by atoms with Crippen LogP contribution in [0.3, 0.4) is 0 Å². The molecule has 0 bridgehead atoms. The van der Waals surface area contributed by atoms with Crippen LogP contribution in [0.1, 0.15) is 53.9 Å². The summed E-state index contributed by atoms with van der Waals surface area (Å²) >= 11 is 0. The fourth-order valence-corrected chi connectivity index (χ4v) is 1.25. The molecule has 0 aliphatic carbocycles. The zero-order valence-electron chi connectivity index (χ0n) is 11.5. The molecule has 0 aromatic heterocycles. The molecule has 16 heavy (non-hydrogen) atoms. The van der Waals surface area contributed by atoms with Gasteiger partial charge in [-0.1, -0.05) is 27.7 Å². The third-order valence-corrected chi connectivity index (χ3v) is 3.15. The first-order valence-electron chi connectivity index (χ1n) is 6.25. The van der Waals surface area contributed by atoms with E-state index in [1.165, 1.54) is 0 Å². The third kappa shape index (κ3) is 7.69. The predicted molar refractivity (Wildman–Crippen MR) is 69.1 cm³/mol. The van der Waals surface area contributed by atoms with E-state index in [4.69, 9.17) is 5.73 Å². The molecular formula is C13H28N2O. The lowest BCUT2D eigenvalue weighted by molar-refractivity contribution is -0.121. The predicted octanol–water partition coefficient (Wildman–Crippen LogP) is 2.30. The molecule has 2 unspecified atom stereocenters. The van der Waals surface area contributed by atoms with E-state index >= 15 is 0 Å². The Kier molecular flexibility index (Phi) is 6.65. The van der Waals surface area contributed by atoms with E-state index in [1.54, 1.807) is 0 Å². The molecule has 0 fully saturated rings. The summed E-state index contributed by atoms with van der Waals surface area (Å²) in [6.45, 7) is 11.5. The maximum absolute atomic E-state index is 11.5. The van der Waals surface area contributed by atoms with Crippen molar-refractivity contribution < 1.29 is 4.79 Å². The topological polar surface area (TPSA) is 55.1 Å². The molecule has 3 nitrogen and oxygen atoms in total. The van der Waals surface area contributed by atoms with E-state index in [-0.39, 0.29) is 17.4 Å². The number of amides is 1. The lowest BCUT2D eigenvalue weighted by Crippen LogP contribution is -2.33. The molecule has 96 valence electrons. The largest absolute Gasteiger partial charge is 0.356 e. The second-order valence-corrected chi connectivity index (χ2v) is 5.94. The van der Waals surface area contributed by atoms with Crippen molar-refractivity contribution in [3.05, 3.63) is 0 Å². The van der Waals surface area contributed by atoms with Gasteiger partial charge in [0.1, 0.15) is 0 Å². The van der Waals surface area contributed by atoms with Gasteiger partial charge in [-0.2, -0.15) is 0 Å². The number of nitrogens with two attached hydrogens (primary N) is 1. The van der Waals surface area contributed by atoms with Gasteiger partial charge in [-0.05, 0) is 31.1 Å². The van der Waals surface area contributed by atoms with Gasteiger partial charge in [0.2, 0.25) is 5.91 Å². The van der Waals surface area contributed by atoms with Crippen molar-refractivity contribution in [1.29, 1.82) is 0 Å². The van der Waals surface area contributed by atoms with Crippen LogP contribution in [-0.4, -0.2) is 18.5 Å². The molecule has 3 heteroatoms. The highest BCUT2D eigenvalue weighted by Crippen LogP contribution is 2.24. The van der Waals surface area contributed by atoms with Gasteiger partial charge in [0, 0.05) is 19.0 Å². The molecule has 0 saturated carbocycles. The summed E-state index contributed by atoms with van der Waals surface area (Å²) in [5.41, 5.74) is 5.88. The van der Waals surface area contributed by atoms with Gasteiger partial charge in [0.05, 0.1) is 0 Å². The summed E-state index contributed by atoms with van der Waals surface area (Å²) in [6, 6.07) is 0.196. The minimum Gasteiger partial charge on any atom is -0.356 e. The lowest BCUT2D eigenvalue weighted by atomic mass is 9.82. The summed E-state index contributed by atoms with van der Waals surface area (Å²) in [4.78, 5) is 11.5. The highest BCUT2D eigenvalue weighted by atomic mass is 16.1. The van der Waals surface area contributed by atoms with E-state index in [0.717, 1.165) is 19.4 Å². The molecule has 0 aromatic rings. The van der Waals surface area contributed by atoms with E-state index in [0.29, 0.717) is 12.3 Å². The summed E-state index contributed by atoms with van der Waals surface area (Å²) in [6.07, 6.45) is 2.40. The van der Waals surface area contributed by atoms with Crippen molar-refractivity contribution in [1.82, 2.24) is 5.32 Å². The average Bonchev–Trinajstić information content (AvgIpc) is 2.11. The van der Waals surface area contributed by atoms with Crippen molar-refractivity contribution in [2.75, 3.05) is 6.54 Å². The Bertz CT molecular complexity index is 206. The Morgan fingerprint density at radius 3 is 2.31 bits per heavy atom. The van der Waals surface area contributed by atoms with Crippen molar-refractivity contribution in [2.45, 2.75) is 59.9 Å². The van der Waals surface area contributed by atoms with Gasteiger partial charge in [0.25, 0.3) is 0 Å². The molecule has 0 aliphatic heterocycles. The molecule has 1 amide bonds. The van der Waals surface area contributed by atoms with E-state index in [1.807, 2.05) is 6.92 Å². The Morgan fingerprint density at radius 1 is 1.31 bits per heavy atom. The number of carbonyl (C=O) groups excluding carboxylic acids is 1. The first-order chi connectivity index (χ1) is 7.23. The Morgan fingerprint density at radius 2 is 1.88 bits per heavy atom. The fraction of sp³-hybridized carbons (Fsp3) is 0.923. The summed E-state index contributed by atoms with van der Waals surface area (Å²) < 4.78 is 0. The van der Waals surface area contributed by atoms with Crippen molar-refractivity contribution >= 4 is 5.91 Å². The second-order valence-electron chi connectivity index (χ2n) is 5.94. The molecule has 0 aliphatic rings. The number of carbonyl (C=O) groups is 1. The maximum Gasteiger partial charge on any atom is 0.220 e. The van der Waals surface area contributed by atoms with E-state index < -0.39 is 0 Å². The molecule has 0 spiro atoms. The first kappa shape index (κ1) is 15.4. The number of hydrogen-bond acceptors (Lipinski definition) is 2. The summed E-state index contributed by atoms with van der Waals surface area (Å²) in [5, 5.41) is 2.98. The molecule has 0 rings (SSSR count). The fourth-order valence-electron chi connectivity index (χ4n) is 1.25. The van der Waals surface area contributed by atoms with Crippen LogP contribution in [-0.2, 0) is 4.79 Å². The summed E-state index contributed by atoms with van der Waals surface area (Å²) in [7, 11) is 0. The van der Waals surface area contributed by atoms with Crippen LogP contribution in [0, 0.1) is 11.3 Å². The summed E-state index contributed by atoms with van der Waals surface area (Å²) in [5.74, 6) is 0.640. The first-order valence-corrected chi connectivity index (χ1v) is 6.25. The lowest BCUT2D eigenvalue weighted by Gasteiger charge is -2.27. The van der Waals surface area contributed by atoms with Crippen molar-refractivity contribution in [2.24, 2.45) is 17.1 Å². The van der Waals surface area contributed by atoms with E-state index in [9.17, 15) is 4.79 Å². The van der Waals surface area contributed by atoms with Gasteiger partial charge in [-0.25, -0.2) is 0 Å². The minimum atomic E-state index is 0.150. The highest BCUT2D eigenvalue weighted by Gasteiger charge is 2.20. The molecule has 2 atom stereocenters. The Balaban J connectivity index is 3.66. The number of nitrogens with one attached hydrogen (secondary N) is 1. The molecule has 0 aromatic carbocycles. The van der Waals surface area contributed by atoms with Crippen molar-refractivity contribution in [3.8, 4) is 0 Å². The van der Waals surface area contributed by atoms with Gasteiger partial charge in [0.15, 0.2) is 0 Å². The quantitative estimate of drug-likeness (QED) is 0.733. The molecule has 3 N–H and O–H groups in total. The smallest absolute Gasteiger partial charge is 0.220 e. The zero-order valence-corrected chi connectivity index (χ0v) is 11.5. The SMILES string of the molecule is CC(N)CCCC(=O)NCC(C)C(C)(C)C. The van der Waals surface area contributed by atoms with E-state index in [2.05, 4.69) is 33.0 Å². The highest BCUT2D eigenvalue weighted by molar-refractivity contribution is 5.75. The molecule has 0 heterocycles. The molecular weight excluding hydrogens is 200 g/mol. The maximum atomic E-state index is 11.5. The third-order valence-electron chi connectivity index (χ3n) is 3.15. The second kappa shape index (κ2) is 6.89. The van der Waals surface area contributed by atoms with Crippen LogP contribution in [0.4, 0.5) is 0 Å². The number of rotatable bonds is 6. The Labute approximate surface area is 100 Å². The van der Waals surface area contributed by atoms with Crippen LogP contribution in [0.2, 0.25) is 0 Å². The van der Waals surface area contributed by atoms with Gasteiger partial charge < -0.3 is 11.1 Å². The van der Waals surface area contributed by atoms with Crippen LogP contribution >= 0.6 is 0 Å². The Hall–Kier alpha value is -0.570. The van der Waals surface area contributed by atoms with Crippen LogP contribution in [0.5, 0.6) is 0 Å². The van der Waals surface area contributed by atoms with Gasteiger partial charge >= 0.3 is 0 Å². The normalized spacial score (nSPS) is 15.6. The minimum absolute atomic E-state index is 0.150. The number of hydrogen-bond donors (Lipinski definition) is 2. The average molecular weight is 228 g/mol. The van der Waals surface area contributed by atoms with Crippen molar-refractivity contribution in [3.63, 3.8) is 0 Å². The monoisotopic (exact) mass is 228 g/mol. The standard InChI is InChI=1S/C13H28N2O/c1-10(13(3,4)5)9-15-12(16)8-6-7-11(2)14/h10-11H,6-9,14H2,1-5H3,(H,15,16). The van der Waals surface area contributed by atoms with Gasteiger partial charge in [-0.3, -0.25) is 4.79 Å².